The van der Waals surface area contributed by atoms with Gasteiger partial charge in [-0.15, -0.1) is 0 Å². The van der Waals surface area contributed by atoms with Gasteiger partial charge >= 0.3 is 0 Å². The zero-order valence-corrected chi connectivity index (χ0v) is 7.85. The van der Waals surface area contributed by atoms with Crippen LogP contribution < -0.4 is 0 Å². The second-order valence-corrected chi connectivity index (χ2v) is 3.36. The molecule has 0 amide bonds. The molecule has 1 aromatic rings. The molecule has 2 nitrogen and oxygen atoms in total. The number of aliphatic hydroxyl groups excluding tert-OH is 2. The van der Waals surface area contributed by atoms with Gasteiger partial charge in [0, 0.05) is 12.5 Å². The van der Waals surface area contributed by atoms with Crippen LogP contribution >= 0.6 is 0 Å². The average Bonchev–Trinajstić information content (AvgIpc) is 2.20. The minimum absolute atomic E-state index is 0.0474. The van der Waals surface area contributed by atoms with Gasteiger partial charge in [-0.2, -0.15) is 0 Å². The highest BCUT2D eigenvalue weighted by Crippen LogP contribution is 2.23. The topological polar surface area (TPSA) is 40.5 Å². The molecule has 13 heavy (non-hydrogen) atoms. The Morgan fingerprint density at radius 3 is 2.15 bits per heavy atom. The summed E-state index contributed by atoms with van der Waals surface area (Å²) < 4.78 is 0. The third-order valence-electron chi connectivity index (χ3n) is 2.40. The average molecular weight is 180 g/mol. The first kappa shape index (κ1) is 10.2. The molecule has 0 bridgehead atoms. The predicted molar refractivity (Wildman–Crippen MR) is 52.5 cm³/mol. The number of rotatable bonds is 4. The molecule has 2 N–H and O–H groups in total. The minimum Gasteiger partial charge on any atom is -0.396 e. The lowest BCUT2D eigenvalue weighted by atomic mass is 9.88. The zero-order chi connectivity index (χ0) is 9.68. The highest BCUT2D eigenvalue weighted by molar-refractivity contribution is 5.20. The fourth-order valence-electron chi connectivity index (χ4n) is 1.44. The van der Waals surface area contributed by atoms with E-state index in [0.29, 0.717) is 0 Å². The maximum atomic E-state index is 9.17. The summed E-state index contributed by atoms with van der Waals surface area (Å²) in [6.45, 7) is 2.14. The van der Waals surface area contributed by atoms with E-state index in [0.717, 1.165) is 5.56 Å². The Labute approximate surface area is 78.8 Å². The molecule has 2 heteroatoms. The van der Waals surface area contributed by atoms with Crippen molar-refractivity contribution in [3.05, 3.63) is 35.9 Å². The van der Waals surface area contributed by atoms with Gasteiger partial charge in [-0.05, 0) is 11.5 Å². The Morgan fingerprint density at radius 1 is 1.08 bits per heavy atom. The first-order valence-electron chi connectivity index (χ1n) is 4.56. The summed E-state index contributed by atoms with van der Waals surface area (Å²) in [4.78, 5) is 0. The molecule has 72 valence electrons. The summed E-state index contributed by atoms with van der Waals surface area (Å²) in [7, 11) is 0. The standard InChI is InChI=1S/C11H16O2/c1-9(7-12)11(8-13)10-5-3-2-4-6-10/h2-6,9,11-13H,7-8H2,1H3. The molecule has 1 aromatic carbocycles. The van der Waals surface area contributed by atoms with E-state index in [4.69, 9.17) is 10.2 Å². The molecule has 0 radical (unpaired) electrons. The maximum Gasteiger partial charge on any atom is 0.0503 e. The second kappa shape index (κ2) is 5.00. The number of hydrogen-bond acceptors (Lipinski definition) is 2. The summed E-state index contributed by atoms with van der Waals surface area (Å²) in [5.74, 6) is 0.151. The maximum absolute atomic E-state index is 9.17. The third-order valence-corrected chi connectivity index (χ3v) is 2.40. The molecule has 0 fully saturated rings. The molecular formula is C11H16O2. The quantitative estimate of drug-likeness (QED) is 0.735. The summed E-state index contributed by atoms with van der Waals surface area (Å²) in [5.41, 5.74) is 1.09. The van der Waals surface area contributed by atoms with Gasteiger partial charge in [-0.25, -0.2) is 0 Å². The second-order valence-electron chi connectivity index (χ2n) is 3.36. The lowest BCUT2D eigenvalue weighted by Crippen LogP contribution is -2.16. The first-order valence-corrected chi connectivity index (χ1v) is 4.56. The van der Waals surface area contributed by atoms with Crippen LogP contribution in [0.4, 0.5) is 0 Å². The molecule has 0 spiro atoms. The third kappa shape index (κ3) is 2.54. The van der Waals surface area contributed by atoms with Crippen molar-refractivity contribution in [3.8, 4) is 0 Å². The SMILES string of the molecule is CC(CO)C(CO)c1ccccc1. The van der Waals surface area contributed by atoms with Crippen LogP contribution in [-0.4, -0.2) is 23.4 Å². The molecule has 0 saturated carbocycles. The van der Waals surface area contributed by atoms with Crippen LogP contribution in [-0.2, 0) is 0 Å². The van der Waals surface area contributed by atoms with Gasteiger partial charge in [0.2, 0.25) is 0 Å². The van der Waals surface area contributed by atoms with Crippen molar-refractivity contribution in [2.45, 2.75) is 12.8 Å². The lowest BCUT2D eigenvalue weighted by molar-refractivity contribution is 0.169. The first-order chi connectivity index (χ1) is 6.29. The Hall–Kier alpha value is -0.860. The molecule has 2 unspecified atom stereocenters. The molecule has 1 rings (SSSR count). The van der Waals surface area contributed by atoms with Crippen molar-refractivity contribution in [2.75, 3.05) is 13.2 Å². The van der Waals surface area contributed by atoms with Crippen LogP contribution in [0, 0.1) is 5.92 Å². The van der Waals surface area contributed by atoms with Gasteiger partial charge in [0.15, 0.2) is 0 Å². The van der Waals surface area contributed by atoms with E-state index < -0.39 is 0 Å². The van der Waals surface area contributed by atoms with Crippen molar-refractivity contribution in [2.24, 2.45) is 5.92 Å². The molecule has 2 atom stereocenters. The van der Waals surface area contributed by atoms with Crippen LogP contribution in [0.15, 0.2) is 30.3 Å². The molecular weight excluding hydrogens is 164 g/mol. The largest absolute Gasteiger partial charge is 0.396 e. The van der Waals surface area contributed by atoms with Gasteiger partial charge in [0.1, 0.15) is 0 Å². The van der Waals surface area contributed by atoms with Crippen molar-refractivity contribution in [1.29, 1.82) is 0 Å². The minimum atomic E-state index is 0.0474. The Kier molecular flexibility index (Phi) is 3.93. The molecule has 0 aromatic heterocycles. The summed E-state index contributed by atoms with van der Waals surface area (Å²) in [6.07, 6.45) is 0. The molecule has 0 heterocycles. The van der Waals surface area contributed by atoms with Gasteiger partial charge in [-0.1, -0.05) is 37.3 Å². The summed E-state index contributed by atoms with van der Waals surface area (Å²) >= 11 is 0. The Bertz CT molecular complexity index is 233. The predicted octanol–water partition coefficient (Wildman–Crippen LogP) is 1.39. The number of aliphatic hydroxyl groups is 2. The monoisotopic (exact) mass is 180 g/mol. The van der Waals surface area contributed by atoms with Crippen molar-refractivity contribution in [1.82, 2.24) is 0 Å². The summed E-state index contributed by atoms with van der Waals surface area (Å²) in [6, 6.07) is 9.80. The van der Waals surface area contributed by atoms with Crippen LogP contribution in [0.2, 0.25) is 0 Å². The fraction of sp³-hybridized carbons (Fsp3) is 0.455. The van der Waals surface area contributed by atoms with Crippen molar-refractivity contribution in [3.63, 3.8) is 0 Å². The van der Waals surface area contributed by atoms with Crippen molar-refractivity contribution >= 4 is 0 Å². The van der Waals surface area contributed by atoms with Gasteiger partial charge < -0.3 is 10.2 Å². The van der Waals surface area contributed by atoms with E-state index in [1.807, 2.05) is 37.3 Å². The highest BCUT2D eigenvalue weighted by atomic mass is 16.3. The smallest absolute Gasteiger partial charge is 0.0503 e. The molecule has 0 aliphatic carbocycles. The molecule has 0 aliphatic rings. The van der Waals surface area contributed by atoms with Gasteiger partial charge in [-0.3, -0.25) is 0 Å². The van der Waals surface area contributed by atoms with Gasteiger partial charge in [0.25, 0.3) is 0 Å². The Morgan fingerprint density at radius 2 is 1.69 bits per heavy atom. The van der Waals surface area contributed by atoms with E-state index in [1.54, 1.807) is 0 Å². The lowest BCUT2D eigenvalue weighted by Gasteiger charge is -2.20. The van der Waals surface area contributed by atoms with E-state index in [1.165, 1.54) is 0 Å². The zero-order valence-electron chi connectivity index (χ0n) is 7.85. The molecule has 0 aliphatic heterocycles. The van der Waals surface area contributed by atoms with Gasteiger partial charge in [0.05, 0.1) is 6.61 Å². The fourth-order valence-corrected chi connectivity index (χ4v) is 1.44. The van der Waals surface area contributed by atoms with E-state index in [9.17, 15) is 0 Å². The van der Waals surface area contributed by atoms with E-state index >= 15 is 0 Å². The van der Waals surface area contributed by atoms with Crippen LogP contribution in [0.1, 0.15) is 18.4 Å². The van der Waals surface area contributed by atoms with Crippen molar-refractivity contribution < 1.29 is 10.2 Å². The van der Waals surface area contributed by atoms with E-state index in [-0.39, 0.29) is 25.0 Å². The summed E-state index contributed by atoms with van der Waals surface area (Å²) in [5, 5.41) is 18.2. The Balaban J connectivity index is 2.78. The van der Waals surface area contributed by atoms with Crippen LogP contribution in [0.5, 0.6) is 0 Å². The number of benzene rings is 1. The normalized spacial score (nSPS) is 15.3. The van der Waals surface area contributed by atoms with Crippen LogP contribution in [0.3, 0.4) is 0 Å². The highest BCUT2D eigenvalue weighted by Gasteiger charge is 2.16. The number of hydrogen-bond donors (Lipinski definition) is 2. The van der Waals surface area contributed by atoms with Crippen LogP contribution in [0.25, 0.3) is 0 Å². The molecule has 0 saturated heterocycles. The van der Waals surface area contributed by atoms with E-state index in [2.05, 4.69) is 0 Å².